The molecule has 0 aromatic heterocycles. The third kappa shape index (κ3) is 5.41. The van der Waals surface area contributed by atoms with Crippen molar-refractivity contribution in [3.63, 3.8) is 0 Å². The summed E-state index contributed by atoms with van der Waals surface area (Å²) in [5.41, 5.74) is 0.970. The Morgan fingerprint density at radius 2 is 1.92 bits per heavy atom. The third-order valence-electron chi connectivity index (χ3n) is 3.36. The summed E-state index contributed by atoms with van der Waals surface area (Å²) < 4.78 is 39.4. The van der Waals surface area contributed by atoms with Crippen LogP contribution in [-0.2, 0) is 16.4 Å². The minimum absolute atomic E-state index is 0.0412. The van der Waals surface area contributed by atoms with Gasteiger partial charge in [0.05, 0.1) is 11.4 Å². The zero-order valence-electron chi connectivity index (χ0n) is 13.3. The Morgan fingerprint density at radius 1 is 1.16 bits per heavy atom. The van der Waals surface area contributed by atoms with E-state index < -0.39 is 15.9 Å². The molecule has 0 spiro atoms. The number of nitrogens with one attached hydrogen (secondary N) is 2. The number of carbonyl (C=O) groups excluding carboxylic acids is 1. The van der Waals surface area contributed by atoms with Crippen molar-refractivity contribution in [2.45, 2.75) is 11.3 Å². The molecule has 0 aliphatic heterocycles. The Labute approximate surface area is 146 Å². The van der Waals surface area contributed by atoms with E-state index >= 15 is 0 Å². The average molecular weight is 360 g/mol. The molecule has 25 heavy (non-hydrogen) atoms. The van der Waals surface area contributed by atoms with Crippen molar-refractivity contribution in [3.05, 3.63) is 65.5 Å². The number of hydrogen-bond donors (Lipinski definition) is 2. The molecule has 0 aliphatic rings. The highest BCUT2D eigenvalue weighted by Gasteiger charge is 2.15. The van der Waals surface area contributed by atoms with Crippen LogP contribution in [0.5, 0.6) is 0 Å². The van der Waals surface area contributed by atoms with E-state index in [2.05, 4.69) is 16.0 Å². The minimum Gasteiger partial charge on any atom is -0.352 e. The van der Waals surface area contributed by atoms with Crippen LogP contribution in [0.15, 0.2) is 53.4 Å². The molecule has 0 heterocycles. The van der Waals surface area contributed by atoms with E-state index in [1.165, 1.54) is 36.4 Å². The molecule has 0 unspecified atom stereocenters. The molecule has 2 aromatic carbocycles. The van der Waals surface area contributed by atoms with Gasteiger partial charge in [0.15, 0.2) is 0 Å². The van der Waals surface area contributed by atoms with Crippen molar-refractivity contribution in [1.29, 1.82) is 0 Å². The van der Waals surface area contributed by atoms with Crippen LogP contribution in [0.1, 0.15) is 15.9 Å². The highest BCUT2D eigenvalue weighted by Crippen LogP contribution is 2.11. The number of benzene rings is 2. The fourth-order valence-corrected chi connectivity index (χ4v) is 3.12. The first kappa shape index (κ1) is 18.6. The van der Waals surface area contributed by atoms with Crippen molar-refractivity contribution in [3.8, 4) is 12.3 Å². The summed E-state index contributed by atoms with van der Waals surface area (Å²) in [5, 5.41) is 2.68. The van der Waals surface area contributed by atoms with Gasteiger partial charge in [0.1, 0.15) is 5.82 Å². The van der Waals surface area contributed by atoms with Crippen LogP contribution in [0.3, 0.4) is 0 Å². The largest absolute Gasteiger partial charge is 0.352 e. The third-order valence-corrected chi connectivity index (χ3v) is 4.76. The van der Waals surface area contributed by atoms with E-state index in [-0.39, 0.29) is 22.8 Å². The lowest BCUT2D eigenvalue weighted by molar-refractivity contribution is 0.0954. The molecular formula is C18H17FN2O3S. The van der Waals surface area contributed by atoms with Crippen LogP contribution in [0.4, 0.5) is 4.39 Å². The van der Waals surface area contributed by atoms with Gasteiger partial charge in [-0.3, -0.25) is 4.79 Å². The lowest BCUT2D eigenvalue weighted by Gasteiger charge is -2.08. The van der Waals surface area contributed by atoms with Gasteiger partial charge in [-0.1, -0.05) is 24.1 Å². The Balaban J connectivity index is 2.00. The summed E-state index contributed by atoms with van der Waals surface area (Å²) in [6.07, 6.45) is 5.50. The van der Waals surface area contributed by atoms with Gasteiger partial charge in [-0.25, -0.2) is 12.8 Å². The second-order valence-electron chi connectivity index (χ2n) is 5.19. The number of carbonyl (C=O) groups is 1. The predicted octanol–water partition coefficient (Wildman–Crippen LogP) is 1.71. The normalized spacial score (nSPS) is 10.9. The lowest BCUT2D eigenvalue weighted by atomic mass is 10.1. The smallest absolute Gasteiger partial charge is 0.251 e. The molecule has 130 valence electrons. The second kappa shape index (κ2) is 8.42. The predicted molar refractivity (Wildman–Crippen MR) is 92.9 cm³/mol. The van der Waals surface area contributed by atoms with Gasteiger partial charge in [-0.15, -0.1) is 6.42 Å². The molecule has 0 saturated heterocycles. The van der Waals surface area contributed by atoms with Crippen LogP contribution in [-0.4, -0.2) is 27.4 Å². The van der Waals surface area contributed by atoms with Crippen molar-refractivity contribution >= 4 is 15.9 Å². The van der Waals surface area contributed by atoms with Gasteiger partial charge < -0.3 is 5.32 Å². The number of sulfonamides is 1. The number of terminal acetylenes is 1. The van der Waals surface area contributed by atoms with Gasteiger partial charge in [-0.05, 0) is 42.3 Å². The maximum atomic E-state index is 13.1. The standard InChI is InChI=1S/C18H17FN2O3S/c1-2-10-21-25(23,24)17-8-4-6-15(13-17)18(22)20-11-9-14-5-3-7-16(19)12-14/h1,3-8,12-13,21H,9-11H2,(H,20,22). The zero-order valence-corrected chi connectivity index (χ0v) is 14.1. The summed E-state index contributed by atoms with van der Waals surface area (Å²) in [6.45, 7) is 0.168. The van der Waals surface area contributed by atoms with E-state index in [4.69, 9.17) is 6.42 Å². The monoisotopic (exact) mass is 360 g/mol. The molecule has 2 N–H and O–H groups in total. The molecule has 0 aliphatic carbocycles. The first-order valence-electron chi connectivity index (χ1n) is 7.48. The number of amides is 1. The molecule has 1 amide bonds. The molecule has 2 rings (SSSR count). The Kier molecular flexibility index (Phi) is 6.28. The first-order chi connectivity index (χ1) is 11.9. The maximum Gasteiger partial charge on any atom is 0.251 e. The summed E-state index contributed by atoms with van der Waals surface area (Å²) in [4.78, 5) is 12.1. The van der Waals surface area contributed by atoms with E-state index in [1.807, 2.05) is 0 Å². The van der Waals surface area contributed by atoms with E-state index in [0.29, 0.717) is 13.0 Å². The molecule has 0 saturated carbocycles. The molecule has 0 atom stereocenters. The lowest BCUT2D eigenvalue weighted by Crippen LogP contribution is -2.27. The van der Waals surface area contributed by atoms with Crippen LogP contribution in [0.2, 0.25) is 0 Å². The molecular weight excluding hydrogens is 343 g/mol. The SMILES string of the molecule is C#CCNS(=O)(=O)c1cccc(C(=O)NCCc2cccc(F)c2)c1. The summed E-state index contributed by atoms with van der Waals surface area (Å²) in [7, 11) is -3.76. The van der Waals surface area contributed by atoms with E-state index in [0.717, 1.165) is 5.56 Å². The molecule has 2 aromatic rings. The van der Waals surface area contributed by atoms with Gasteiger partial charge in [0, 0.05) is 12.1 Å². The quantitative estimate of drug-likeness (QED) is 0.738. The summed E-state index contributed by atoms with van der Waals surface area (Å²) in [6, 6.07) is 11.8. The second-order valence-corrected chi connectivity index (χ2v) is 6.96. The summed E-state index contributed by atoms with van der Waals surface area (Å²) in [5.74, 6) is 1.44. The van der Waals surface area contributed by atoms with E-state index in [9.17, 15) is 17.6 Å². The molecule has 0 radical (unpaired) electrons. The van der Waals surface area contributed by atoms with Crippen LogP contribution in [0, 0.1) is 18.2 Å². The maximum absolute atomic E-state index is 13.1. The number of rotatable bonds is 7. The zero-order chi connectivity index (χ0) is 18.3. The van der Waals surface area contributed by atoms with Gasteiger partial charge >= 0.3 is 0 Å². The molecule has 0 fully saturated rings. The number of hydrogen-bond acceptors (Lipinski definition) is 3. The van der Waals surface area contributed by atoms with Crippen molar-refractivity contribution in [2.75, 3.05) is 13.1 Å². The average Bonchev–Trinajstić information content (AvgIpc) is 2.60. The van der Waals surface area contributed by atoms with Crippen molar-refractivity contribution in [1.82, 2.24) is 10.0 Å². The topological polar surface area (TPSA) is 75.3 Å². The fourth-order valence-electron chi connectivity index (χ4n) is 2.14. The van der Waals surface area contributed by atoms with Gasteiger partial charge in [0.25, 0.3) is 5.91 Å². The Hall–Kier alpha value is -2.69. The van der Waals surface area contributed by atoms with Crippen LogP contribution < -0.4 is 10.0 Å². The molecule has 7 heteroatoms. The Morgan fingerprint density at radius 3 is 2.64 bits per heavy atom. The van der Waals surface area contributed by atoms with E-state index in [1.54, 1.807) is 12.1 Å². The minimum atomic E-state index is -3.76. The van der Waals surface area contributed by atoms with Gasteiger partial charge in [-0.2, -0.15) is 4.72 Å². The van der Waals surface area contributed by atoms with Gasteiger partial charge in [0.2, 0.25) is 10.0 Å². The number of halogens is 1. The highest BCUT2D eigenvalue weighted by molar-refractivity contribution is 7.89. The fraction of sp³-hybridized carbons (Fsp3) is 0.167. The first-order valence-corrected chi connectivity index (χ1v) is 8.96. The molecule has 5 nitrogen and oxygen atoms in total. The van der Waals surface area contributed by atoms with Crippen LogP contribution >= 0.6 is 0 Å². The van der Waals surface area contributed by atoms with Crippen molar-refractivity contribution in [2.24, 2.45) is 0 Å². The molecule has 0 bridgehead atoms. The van der Waals surface area contributed by atoms with Crippen LogP contribution in [0.25, 0.3) is 0 Å². The van der Waals surface area contributed by atoms with Crippen molar-refractivity contribution < 1.29 is 17.6 Å². The highest BCUT2D eigenvalue weighted by atomic mass is 32.2. The summed E-state index contributed by atoms with van der Waals surface area (Å²) >= 11 is 0. The Bertz CT molecular complexity index is 905.